The average molecular weight is 617 g/mol. The fourth-order valence-corrected chi connectivity index (χ4v) is 6.09. The summed E-state index contributed by atoms with van der Waals surface area (Å²) >= 11 is 6.38. The van der Waals surface area contributed by atoms with E-state index in [0.717, 1.165) is 32.7 Å². The molecule has 4 nitrogen and oxygen atoms in total. The minimum absolute atomic E-state index is 0.0205. The van der Waals surface area contributed by atoms with E-state index in [4.69, 9.17) is 30.6 Å². The van der Waals surface area contributed by atoms with Crippen molar-refractivity contribution >= 4 is 55.1 Å². The van der Waals surface area contributed by atoms with Crippen molar-refractivity contribution in [3.8, 4) is 45.3 Å². The lowest BCUT2D eigenvalue weighted by molar-refractivity contribution is 0.669. The Bertz CT molecular complexity index is 2970. The summed E-state index contributed by atoms with van der Waals surface area (Å²) in [6, 6.07) is 30.3. The molecule has 9 aromatic rings. The van der Waals surface area contributed by atoms with Crippen LogP contribution in [0, 0.1) is 0 Å². The maximum Gasteiger partial charge on any atom is 0.164 e. The van der Waals surface area contributed by atoms with Gasteiger partial charge in [-0.15, -0.1) is 0 Å². The highest BCUT2D eigenvalue weighted by atomic mass is 35.5. The average Bonchev–Trinajstić information content (AvgIpc) is 3.54. The molecule has 0 aliphatic rings. The molecule has 0 bridgehead atoms. The van der Waals surface area contributed by atoms with Crippen LogP contribution >= 0.6 is 11.6 Å². The van der Waals surface area contributed by atoms with Crippen LogP contribution in [0.1, 0.15) is 9.60 Å². The van der Waals surface area contributed by atoms with Gasteiger partial charge in [0.15, 0.2) is 17.5 Å². The summed E-state index contributed by atoms with van der Waals surface area (Å²) in [6.45, 7) is 0. The summed E-state index contributed by atoms with van der Waals surface area (Å²) in [5.41, 5.74) is 3.24. The highest BCUT2D eigenvalue weighted by Gasteiger charge is 2.18. The van der Waals surface area contributed by atoms with Crippen molar-refractivity contribution < 1.29 is 14.0 Å². The van der Waals surface area contributed by atoms with Crippen LogP contribution < -0.4 is 0 Å². The van der Waals surface area contributed by atoms with E-state index in [1.807, 2.05) is 36.4 Å². The molecule has 7 aromatic carbocycles. The van der Waals surface area contributed by atoms with Crippen LogP contribution in [0.3, 0.4) is 0 Å². The first-order valence-electron chi connectivity index (χ1n) is 18.1. The molecule has 0 aliphatic carbocycles. The van der Waals surface area contributed by atoms with Gasteiger partial charge in [0.05, 0.1) is 9.60 Å². The molecule has 2 aromatic heterocycles. The lowest BCUT2D eigenvalue weighted by Crippen LogP contribution is -2.00. The summed E-state index contributed by atoms with van der Waals surface area (Å²) in [5, 5.41) is 5.84. The van der Waals surface area contributed by atoms with Crippen molar-refractivity contribution in [2.24, 2.45) is 0 Å². The molecule has 0 amide bonds. The number of furan rings is 1. The second-order valence-electron chi connectivity index (χ2n) is 10.9. The zero-order valence-electron chi connectivity index (χ0n) is 30.9. The van der Waals surface area contributed by atoms with Gasteiger partial charge < -0.3 is 4.42 Å². The predicted octanol–water partition coefficient (Wildman–Crippen LogP) is 11.4. The highest BCUT2D eigenvalue weighted by molar-refractivity contribution is 6.32. The summed E-state index contributed by atoms with van der Waals surface area (Å²) in [7, 11) is 0. The molecule has 0 spiro atoms. The van der Waals surface area contributed by atoms with Crippen LogP contribution in [0.15, 0.2) is 150 Å². The predicted molar refractivity (Wildman–Crippen MR) is 189 cm³/mol. The van der Waals surface area contributed by atoms with Gasteiger partial charge in [-0.3, -0.25) is 0 Å². The number of halogens is 1. The maximum atomic E-state index is 8.99. The molecular formula is C41H24ClN3O. The molecule has 2 heterocycles. The van der Waals surface area contributed by atoms with Gasteiger partial charge in [0.1, 0.15) is 11.2 Å². The first-order valence-corrected chi connectivity index (χ1v) is 14.9. The van der Waals surface area contributed by atoms with Gasteiger partial charge >= 0.3 is 0 Å². The van der Waals surface area contributed by atoms with Crippen molar-refractivity contribution in [1.29, 1.82) is 0 Å². The lowest BCUT2D eigenvalue weighted by atomic mass is 9.97. The molecule has 0 N–H and O–H groups in total. The Morgan fingerprint density at radius 2 is 1.20 bits per heavy atom. The minimum atomic E-state index is -0.540. The van der Waals surface area contributed by atoms with Gasteiger partial charge in [-0.05, 0) is 63.0 Å². The van der Waals surface area contributed by atoms with Crippen molar-refractivity contribution in [2.45, 2.75) is 0 Å². The third kappa shape index (κ3) is 4.50. The van der Waals surface area contributed by atoms with Gasteiger partial charge in [-0.1, -0.05) is 127 Å². The number of aromatic nitrogens is 3. The van der Waals surface area contributed by atoms with Crippen molar-refractivity contribution in [1.82, 2.24) is 15.0 Å². The first kappa shape index (κ1) is 20.2. The van der Waals surface area contributed by atoms with Crippen LogP contribution in [-0.2, 0) is 0 Å². The van der Waals surface area contributed by atoms with Crippen LogP contribution in [0.5, 0.6) is 0 Å². The highest BCUT2D eigenvalue weighted by Crippen LogP contribution is 2.38. The Morgan fingerprint density at radius 1 is 0.500 bits per heavy atom. The number of hydrogen-bond donors (Lipinski definition) is 0. The summed E-state index contributed by atoms with van der Waals surface area (Å²) in [4.78, 5) is 14.2. The quantitative estimate of drug-likeness (QED) is 0.185. The van der Waals surface area contributed by atoms with E-state index in [9.17, 15) is 0 Å². The van der Waals surface area contributed by atoms with E-state index in [1.54, 1.807) is 12.1 Å². The third-order valence-electron chi connectivity index (χ3n) is 8.11. The van der Waals surface area contributed by atoms with Gasteiger partial charge in [-0.2, -0.15) is 0 Å². The van der Waals surface area contributed by atoms with Gasteiger partial charge in [0.25, 0.3) is 0 Å². The molecule has 0 unspecified atom stereocenters. The van der Waals surface area contributed by atoms with Gasteiger partial charge in [-0.25, -0.2) is 15.0 Å². The molecule has 9 rings (SSSR count). The standard InChI is InChI=1S/C41H24ClN3O/c42-31-21-22-36-35(24-31)38-33(11-6-12-37(38)46-36)41-44-39(28-8-2-1-3-9-28)43-40(45-41)29-18-13-25(14-19-29)30-20-17-27-16-15-26-7-4-5-10-32(26)34(27)23-30/h1-24H/i1D,2D,3D,8D,9D,11D,22D. The number of rotatable bonds is 4. The van der Waals surface area contributed by atoms with E-state index < -0.39 is 30.2 Å². The van der Waals surface area contributed by atoms with Crippen molar-refractivity contribution in [2.75, 3.05) is 0 Å². The number of fused-ring (bicyclic) bond motifs is 6. The van der Waals surface area contributed by atoms with E-state index in [1.165, 1.54) is 12.1 Å². The fourth-order valence-electron chi connectivity index (χ4n) is 5.93. The number of benzene rings is 7. The Kier molecular flexibility index (Phi) is 4.69. The Balaban J connectivity index is 1.26. The van der Waals surface area contributed by atoms with Gasteiger partial charge in [0, 0.05) is 32.5 Å². The normalized spacial score (nSPS) is 13.7. The van der Waals surface area contributed by atoms with Crippen molar-refractivity contribution in [3.63, 3.8) is 0 Å². The SMILES string of the molecule is [2H]c1ccc2oc3c([2H])cc(Cl)cc3c2c1-c1nc(-c2ccc(-c3ccc4ccc5ccccc5c4c3)cc2)nc(-c2c([2H])c([2H])c([2H])c([2H])c2[2H])n1. The molecular weight excluding hydrogens is 586 g/mol. The van der Waals surface area contributed by atoms with E-state index in [-0.39, 0.29) is 46.3 Å². The van der Waals surface area contributed by atoms with Crippen LogP contribution in [0.25, 0.3) is 88.8 Å². The number of hydrogen-bond acceptors (Lipinski definition) is 4. The van der Waals surface area contributed by atoms with Gasteiger partial charge in [0.2, 0.25) is 0 Å². The molecule has 0 atom stereocenters. The third-order valence-corrected chi connectivity index (χ3v) is 8.33. The molecule has 0 aliphatic heterocycles. The molecule has 0 saturated heterocycles. The zero-order chi connectivity index (χ0) is 36.7. The summed E-state index contributed by atoms with van der Waals surface area (Å²) < 4.78 is 65.7. The smallest absolute Gasteiger partial charge is 0.164 e. The topological polar surface area (TPSA) is 51.8 Å². The van der Waals surface area contributed by atoms with Crippen LogP contribution in [0.4, 0.5) is 0 Å². The largest absolute Gasteiger partial charge is 0.456 e. The number of nitrogens with zero attached hydrogens (tertiary/aromatic N) is 3. The first-order chi connectivity index (χ1) is 25.6. The van der Waals surface area contributed by atoms with Crippen LogP contribution in [0.2, 0.25) is 5.02 Å². The molecule has 0 saturated carbocycles. The van der Waals surface area contributed by atoms with E-state index >= 15 is 0 Å². The molecule has 0 radical (unpaired) electrons. The Morgan fingerprint density at radius 3 is 2.04 bits per heavy atom. The van der Waals surface area contributed by atoms with Crippen LogP contribution in [-0.4, -0.2) is 15.0 Å². The molecule has 46 heavy (non-hydrogen) atoms. The molecule has 216 valence electrons. The minimum Gasteiger partial charge on any atom is -0.456 e. The Labute approximate surface area is 279 Å². The van der Waals surface area contributed by atoms with E-state index in [0.29, 0.717) is 26.9 Å². The lowest BCUT2D eigenvalue weighted by Gasteiger charge is -2.10. The zero-order valence-corrected chi connectivity index (χ0v) is 24.7. The summed E-state index contributed by atoms with van der Waals surface area (Å²) in [5.74, 6) is 0.0271. The second-order valence-corrected chi connectivity index (χ2v) is 11.3. The molecule has 5 heteroatoms. The summed E-state index contributed by atoms with van der Waals surface area (Å²) in [6.07, 6.45) is 0. The fraction of sp³-hybridized carbons (Fsp3) is 0. The Hall–Kier alpha value is -5.84. The second kappa shape index (κ2) is 10.7. The monoisotopic (exact) mass is 616 g/mol. The molecule has 0 fully saturated rings. The van der Waals surface area contributed by atoms with E-state index in [2.05, 4.69) is 52.4 Å². The van der Waals surface area contributed by atoms with Crippen molar-refractivity contribution in [3.05, 3.63) is 150 Å². The maximum absolute atomic E-state index is 8.99.